The SMILES string of the molecule is Cc1cnc(-c2cc(-c3ccccc3)cc(-c3cccc4c3nc(-c3cc(C(C)(C)C)cnc3O)n4C)c2)cc1-c1ccccc1. The zero-order valence-corrected chi connectivity index (χ0v) is 26.8. The number of fused-ring (bicyclic) bond motifs is 1. The lowest BCUT2D eigenvalue weighted by Crippen LogP contribution is -2.11. The van der Waals surface area contributed by atoms with Crippen LogP contribution in [0.5, 0.6) is 5.88 Å². The summed E-state index contributed by atoms with van der Waals surface area (Å²) in [5.74, 6) is 0.645. The van der Waals surface area contributed by atoms with E-state index in [9.17, 15) is 5.11 Å². The molecule has 0 bridgehead atoms. The predicted octanol–water partition coefficient (Wildman–Crippen LogP) is 10.0. The van der Waals surface area contributed by atoms with Crippen LogP contribution in [0.3, 0.4) is 0 Å². The zero-order chi connectivity index (χ0) is 32.0. The van der Waals surface area contributed by atoms with Crippen LogP contribution in [-0.4, -0.2) is 24.6 Å². The molecule has 0 aliphatic rings. The number of nitrogens with zero attached hydrogens (tertiary/aromatic N) is 4. The second-order valence-electron chi connectivity index (χ2n) is 12.9. The molecule has 7 aromatic rings. The Kier molecular flexibility index (Phi) is 7.25. The first-order valence-electron chi connectivity index (χ1n) is 15.6. The van der Waals surface area contributed by atoms with Crippen LogP contribution in [-0.2, 0) is 12.5 Å². The Labute approximate surface area is 269 Å². The van der Waals surface area contributed by atoms with Crippen molar-refractivity contribution in [2.45, 2.75) is 33.1 Å². The van der Waals surface area contributed by atoms with Gasteiger partial charge in [0, 0.05) is 30.6 Å². The van der Waals surface area contributed by atoms with E-state index in [0.29, 0.717) is 11.4 Å². The predicted molar refractivity (Wildman–Crippen MR) is 189 cm³/mol. The van der Waals surface area contributed by atoms with E-state index in [1.807, 2.05) is 36.0 Å². The molecule has 0 fully saturated rings. The summed E-state index contributed by atoms with van der Waals surface area (Å²) in [4.78, 5) is 14.4. The molecule has 5 nitrogen and oxygen atoms in total. The quantitative estimate of drug-likeness (QED) is 0.214. The first-order valence-corrected chi connectivity index (χ1v) is 15.6. The van der Waals surface area contributed by atoms with Gasteiger partial charge in [-0.2, -0.15) is 0 Å². The topological polar surface area (TPSA) is 63.8 Å². The molecule has 46 heavy (non-hydrogen) atoms. The third-order valence-electron chi connectivity index (χ3n) is 8.72. The third-order valence-corrected chi connectivity index (χ3v) is 8.72. The van der Waals surface area contributed by atoms with Gasteiger partial charge < -0.3 is 9.67 Å². The molecule has 7 rings (SSSR count). The molecule has 0 amide bonds. The number of benzene rings is 4. The minimum Gasteiger partial charge on any atom is -0.493 e. The normalized spacial score (nSPS) is 11.7. The average Bonchev–Trinajstić information content (AvgIpc) is 3.41. The van der Waals surface area contributed by atoms with Crippen molar-refractivity contribution in [3.63, 3.8) is 0 Å². The Morgan fingerprint density at radius 2 is 1.28 bits per heavy atom. The van der Waals surface area contributed by atoms with Crippen LogP contribution in [0, 0.1) is 6.92 Å². The van der Waals surface area contributed by atoms with Crippen LogP contribution in [0.25, 0.3) is 67.1 Å². The molecule has 0 unspecified atom stereocenters. The lowest BCUT2D eigenvalue weighted by atomic mass is 9.87. The number of pyridine rings is 2. The van der Waals surface area contributed by atoms with Crippen molar-refractivity contribution in [1.29, 1.82) is 0 Å². The van der Waals surface area contributed by atoms with E-state index in [-0.39, 0.29) is 11.3 Å². The fourth-order valence-corrected chi connectivity index (χ4v) is 6.06. The Morgan fingerprint density at radius 3 is 2.00 bits per heavy atom. The number of imidazole rings is 1. The number of hydrogen-bond donors (Lipinski definition) is 1. The van der Waals surface area contributed by atoms with E-state index in [1.54, 1.807) is 6.20 Å². The van der Waals surface area contributed by atoms with Crippen molar-refractivity contribution in [3.05, 3.63) is 133 Å². The zero-order valence-electron chi connectivity index (χ0n) is 26.8. The molecule has 0 atom stereocenters. The first kappa shape index (κ1) is 29.2. The number of aromatic nitrogens is 4. The van der Waals surface area contributed by atoms with Crippen molar-refractivity contribution in [3.8, 4) is 61.9 Å². The second kappa shape index (κ2) is 11.4. The van der Waals surface area contributed by atoms with Gasteiger partial charge >= 0.3 is 0 Å². The number of para-hydroxylation sites is 1. The molecule has 226 valence electrons. The highest BCUT2D eigenvalue weighted by molar-refractivity contribution is 5.96. The first-order chi connectivity index (χ1) is 22.2. The summed E-state index contributed by atoms with van der Waals surface area (Å²) in [5, 5.41) is 10.9. The molecule has 3 heterocycles. The fourth-order valence-electron chi connectivity index (χ4n) is 6.06. The lowest BCUT2D eigenvalue weighted by Gasteiger charge is -2.19. The molecular weight excluding hydrogens is 564 g/mol. The molecule has 0 radical (unpaired) electrons. The summed E-state index contributed by atoms with van der Waals surface area (Å²) in [6.07, 6.45) is 3.70. The van der Waals surface area contributed by atoms with Crippen molar-refractivity contribution in [1.82, 2.24) is 19.5 Å². The fraction of sp³-hybridized carbons (Fsp3) is 0.146. The Bertz CT molecular complexity index is 2210. The third kappa shape index (κ3) is 5.34. The van der Waals surface area contributed by atoms with Gasteiger partial charge in [0.05, 0.1) is 22.3 Å². The monoisotopic (exact) mass is 600 g/mol. The summed E-state index contributed by atoms with van der Waals surface area (Å²) < 4.78 is 2.04. The lowest BCUT2D eigenvalue weighted by molar-refractivity contribution is 0.453. The molecule has 0 spiro atoms. The van der Waals surface area contributed by atoms with E-state index in [1.165, 1.54) is 11.1 Å². The van der Waals surface area contributed by atoms with Crippen LogP contribution >= 0.6 is 0 Å². The second-order valence-corrected chi connectivity index (χ2v) is 12.9. The Balaban J connectivity index is 1.43. The smallest absolute Gasteiger partial charge is 0.222 e. The number of rotatable bonds is 5. The Morgan fingerprint density at radius 1 is 0.609 bits per heavy atom. The summed E-state index contributed by atoms with van der Waals surface area (Å²) >= 11 is 0. The van der Waals surface area contributed by atoms with Gasteiger partial charge in [0.15, 0.2) is 0 Å². The van der Waals surface area contributed by atoms with Gasteiger partial charge in [0.1, 0.15) is 5.82 Å². The van der Waals surface area contributed by atoms with Crippen LogP contribution < -0.4 is 0 Å². The highest BCUT2D eigenvalue weighted by Gasteiger charge is 2.22. The van der Waals surface area contributed by atoms with Gasteiger partial charge in [0.25, 0.3) is 0 Å². The van der Waals surface area contributed by atoms with E-state index < -0.39 is 0 Å². The van der Waals surface area contributed by atoms with Gasteiger partial charge in [-0.1, -0.05) is 93.6 Å². The van der Waals surface area contributed by atoms with E-state index in [2.05, 4.69) is 124 Å². The molecule has 3 aromatic heterocycles. The van der Waals surface area contributed by atoms with Crippen LogP contribution in [0.2, 0.25) is 0 Å². The maximum Gasteiger partial charge on any atom is 0.222 e. The maximum atomic E-state index is 10.9. The molecule has 4 aromatic carbocycles. The van der Waals surface area contributed by atoms with Gasteiger partial charge in [-0.05, 0) is 87.7 Å². The highest BCUT2D eigenvalue weighted by Crippen LogP contribution is 2.39. The van der Waals surface area contributed by atoms with Crippen molar-refractivity contribution in [2.75, 3.05) is 0 Å². The van der Waals surface area contributed by atoms with Gasteiger partial charge in [-0.15, -0.1) is 0 Å². The highest BCUT2D eigenvalue weighted by atomic mass is 16.3. The van der Waals surface area contributed by atoms with Gasteiger partial charge in [-0.3, -0.25) is 4.98 Å². The minimum atomic E-state index is -0.121. The van der Waals surface area contributed by atoms with E-state index in [0.717, 1.165) is 55.7 Å². The molecule has 0 saturated carbocycles. The number of hydrogen-bond acceptors (Lipinski definition) is 4. The minimum absolute atomic E-state index is 0.0269. The van der Waals surface area contributed by atoms with E-state index >= 15 is 0 Å². The largest absolute Gasteiger partial charge is 0.493 e. The maximum absolute atomic E-state index is 10.9. The summed E-state index contributed by atoms with van der Waals surface area (Å²) in [7, 11) is 1.99. The average molecular weight is 601 g/mol. The van der Waals surface area contributed by atoms with E-state index in [4.69, 9.17) is 9.97 Å². The Hall–Kier alpha value is -5.55. The molecular formula is C41H36N4O. The van der Waals surface area contributed by atoms with Crippen LogP contribution in [0.4, 0.5) is 0 Å². The van der Waals surface area contributed by atoms with Crippen LogP contribution in [0.1, 0.15) is 31.9 Å². The molecule has 5 heteroatoms. The molecule has 1 N–H and O–H groups in total. The summed E-state index contributed by atoms with van der Waals surface area (Å²) in [6, 6.07) is 38.0. The van der Waals surface area contributed by atoms with Crippen LogP contribution in [0.15, 0.2) is 122 Å². The summed E-state index contributed by atoms with van der Waals surface area (Å²) in [6.45, 7) is 8.53. The molecule has 0 aliphatic heterocycles. The van der Waals surface area contributed by atoms with Crippen molar-refractivity contribution >= 4 is 11.0 Å². The van der Waals surface area contributed by atoms with Crippen molar-refractivity contribution in [2.24, 2.45) is 7.05 Å². The molecule has 0 saturated heterocycles. The van der Waals surface area contributed by atoms with Gasteiger partial charge in [0.2, 0.25) is 5.88 Å². The molecule has 0 aliphatic carbocycles. The standard InChI is InChI=1S/C41H36N4O/c1-26-24-42-36(23-34(26)28-15-10-7-11-16-28)31-20-29(27-13-8-6-9-14-27)19-30(21-31)33-17-12-18-37-38(33)44-39(45(37)5)35-22-32(41(2,3)4)25-43-40(35)46/h6-25H,1-5H3,(H,43,46). The number of aromatic hydroxyl groups is 1. The summed E-state index contributed by atoms with van der Waals surface area (Å²) in [5.41, 5.74) is 13.1. The van der Waals surface area contributed by atoms with Gasteiger partial charge in [-0.25, -0.2) is 9.97 Å². The van der Waals surface area contributed by atoms with Crippen molar-refractivity contribution < 1.29 is 5.11 Å². The number of aryl methyl sites for hydroxylation is 2.